The predicted octanol–water partition coefficient (Wildman–Crippen LogP) is 4.57. The van der Waals surface area contributed by atoms with Crippen molar-refractivity contribution in [1.29, 1.82) is 0 Å². The van der Waals surface area contributed by atoms with E-state index in [9.17, 15) is 14.4 Å². The van der Waals surface area contributed by atoms with Gasteiger partial charge in [0.05, 0.1) is 25.4 Å². The number of para-hydroxylation sites is 1. The van der Waals surface area contributed by atoms with E-state index < -0.39 is 17.4 Å². The van der Waals surface area contributed by atoms with E-state index in [1.54, 1.807) is 30.1 Å². The lowest BCUT2D eigenvalue weighted by molar-refractivity contribution is -0.153. The lowest BCUT2D eigenvalue weighted by atomic mass is 10.0. The van der Waals surface area contributed by atoms with Crippen molar-refractivity contribution in [3.8, 4) is 11.4 Å². The summed E-state index contributed by atoms with van der Waals surface area (Å²) in [7, 11) is 1.59. The summed E-state index contributed by atoms with van der Waals surface area (Å²) in [5.41, 5.74) is 2.72. The van der Waals surface area contributed by atoms with Crippen molar-refractivity contribution in [1.82, 2.24) is 20.0 Å². The van der Waals surface area contributed by atoms with Crippen LogP contribution in [0, 0.1) is 0 Å². The van der Waals surface area contributed by atoms with Crippen LogP contribution in [0.4, 0.5) is 0 Å². The number of carbonyl (C=O) groups is 3. The molecule has 43 heavy (non-hydrogen) atoms. The van der Waals surface area contributed by atoms with Crippen LogP contribution in [0.2, 0.25) is 0 Å². The number of benzene rings is 3. The third kappa shape index (κ3) is 6.18. The molecule has 4 aromatic rings. The van der Waals surface area contributed by atoms with Crippen LogP contribution in [0.3, 0.4) is 0 Å². The summed E-state index contributed by atoms with van der Waals surface area (Å²) in [4.78, 5) is 42.1. The number of rotatable bonds is 10. The fourth-order valence-electron chi connectivity index (χ4n) is 4.86. The molecule has 3 heterocycles. The summed E-state index contributed by atoms with van der Waals surface area (Å²) in [6.45, 7) is 0.0311. The summed E-state index contributed by atoms with van der Waals surface area (Å²) in [5, 5.41) is 7.72. The van der Waals surface area contributed by atoms with Crippen molar-refractivity contribution in [3.63, 3.8) is 0 Å². The minimum atomic E-state index is -0.730. The molecule has 1 N–H and O–H groups in total. The van der Waals surface area contributed by atoms with Gasteiger partial charge in [0, 0.05) is 10.7 Å². The topological polar surface area (TPSA) is 103 Å². The summed E-state index contributed by atoms with van der Waals surface area (Å²) in [6.07, 6.45) is 1.86. The summed E-state index contributed by atoms with van der Waals surface area (Å²) >= 11 is 2.88. The average Bonchev–Trinajstić information content (AvgIpc) is 3.51. The molecule has 2 aliphatic rings. The van der Waals surface area contributed by atoms with Gasteiger partial charge in [0.25, 0.3) is 5.91 Å². The smallest absolute Gasteiger partial charge is 0.356 e. The van der Waals surface area contributed by atoms with Crippen LogP contribution in [0.1, 0.15) is 11.1 Å². The van der Waals surface area contributed by atoms with Gasteiger partial charge in [0.2, 0.25) is 5.91 Å². The number of ether oxygens (including phenoxy) is 2. The first-order chi connectivity index (χ1) is 21.0. The first kappa shape index (κ1) is 28.6. The zero-order valence-corrected chi connectivity index (χ0v) is 24.8. The fourth-order valence-corrected chi connectivity index (χ4v) is 7.39. The quantitative estimate of drug-likeness (QED) is 0.205. The highest BCUT2D eigenvalue weighted by Gasteiger charge is 2.54. The van der Waals surface area contributed by atoms with E-state index in [-0.39, 0.29) is 30.5 Å². The maximum absolute atomic E-state index is 13.7. The Kier molecular flexibility index (Phi) is 8.52. The number of fused-ring (bicyclic) bond motifs is 1. The zero-order chi connectivity index (χ0) is 29.8. The highest BCUT2D eigenvalue weighted by molar-refractivity contribution is 8.06. The second-order valence-corrected chi connectivity index (χ2v) is 12.1. The number of hydrogen-bond acceptors (Lipinski definition) is 8. The maximum atomic E-state index is 13.7. The molecule has 0 saturated carbocycles. The highest BCUT2D eigenvalue weighted by Crippen LogP contribution is 2.45. The fraction of sp³-hybridized carbons (Fsp3) is 0.188. The molecule has 3 aromatic carbocycles. The Hall–Kier alpha value is -4.48. The normalized spacial score (nSPS) is 17.6. The molecule has 0 bridgehead atoms. The van der Waals surface area contributed by atoms with Crippen LogP contribution in [0.15, 0.2) is 113 Å². The van der Waals surface area contributed by atoms with E-state index in [1.807, 2.05) is 78.9 Å². The predicted molar refractivity (Wildman–Crippen MR) is 164 cm³/mol. The van der Waals surface area contributed by atoms with Crippen LogP contribution in [-0.4, -0.2) is 56.7 Å². The first-order valence-corrected chi connectivity index (χ1v) is 15.5. The van der Waals surface area contributed by atoms with Crippen LogP contribution >= 0.6 is 23.5 Å². The van der Waals surface area contributed by atoms with Crippen LogP contribution in [0.5, 0.6) is 5.75 Å². The molecular formula is C32H28N4O5S2. The number of nitrogens with one attached hydrogen (secondary N) is 1. The third-order valence-electron chi connectivity index (χ3n) is 7.02. The van der Waals surface area contributed by atoms with Crippen LogP contribution in [0.25, 0.3) is 5.69 Å². The van der Waals surface area contributed by atoms with Crippen molar-refractivity contribution in [2.45, 2.75) is 29.5 Å². The molecule has 11 heteroatoms. The summed E-state index contributed by atoms with van der Waals surface area (Å²) < 4.78 is 12.7. The molecule has 0 unspecified atom stereocenters. The van der Waals surface area contributed by atoms with E-state index in [2.05, 4.69) is 10.4 Å². The number of thioether (sulfide) groups is 2. The summed E-state index contributed by atoms with van der Waals surface area (Å²) in [5.74, 6) is -0.0343. The monoisotopic (exact) mass is 612 g/mol. The molecule has 2 aliphatic heterocycles. The number of β-lactam (4-membered cyclic amide) rings is 1. The SMILES string of the molecule is COc1ccc(COC(=O)C2=C(Sc3ccnn3-c3ccccc3)CS[C@@H]3[C@H](NC(=O)Cc4ccccc4)C(=O)N23)cc1. The van der Waals surface area contributed by atoms with Crippen LogP contribution in [-0.2, 0) is 32.1 Å². The average molecular weight is 613 g/mol. The van der Waals surface area contributed by atoms with Gasteiger partial charge in [-0.1, -0.05) is 72.4 Å². The Morgan fingerprint density at radius 1 is 0.977 bits per heavy atom. The molecule has 2 atom stereocenters. The number of esters is 1. The Labute approximate surface area is 257 Å². The Balaban J connectivity index is 1.24. The molecule has 1 fully saturated rings. The molecule has 0 aliphatic carbocycles. The number of methoxy groups -OCH3 is 1. The number of nitrogens with zero attached hydrogens (tertiary/aromatic N) is 3. The van der Waals surface area contributed by atoms with Gasteiger partial charge in [-0.15, -0.1) is 11.8 Å². The minimum Gasteiger partial charge on any atom is -0.497 e. The first-order valence-electron chi connectivity index (χ1n) is 13.6. The number of aromatic nitrogens is 2. The van der Waals surface area contributed by atoms with Crippen molar-refractivity contribution in [3.05, 3.63) is 119 Å². The number of hydrogen-bond donors (Lipinski definition) is 1. The lowest BCUT2D eigenvalue weighted by Gasteiger charge is -2.49. The molecule has 0 spiro atoms. The highest BCUT2D eigenvalue weighted by atomic mass is 32.2. The van der Waals surface area contributed by atoms with E-state index >= 15 is 0 Å². The number of carbonyl (C=O) groups excluding carboxylic acids is 3. The largest absolute Gasteiger partial charge is 0.497 e. The number of amides is 2. The van der Waals surface area contributed by atoms with Gasteiger partial charge in [-0.05, 0) is 41.5 Å². The molecule has 218 valence electrons. The van der Waals surface area contributed by atoms with Crippen molar-refractivity contribution < 1.29 is 23.9 Å². The van der Waals surface area contributed by atoms with Gasteiger partial charge in [-0.2, -0.15) is 5.10 Å². The van der Waals surface area contributed by atoms with Crippen molar-refractivity contribution >= 4 is 41.3 Å². The summed E-state index contributed by atoms with van der Waals surface area (Å²) in [6, 6.07) is 27.4. The van der Waals surface area contributed by atoms with E-state index in [1.165, 1.54) is 28.4 Å². The molecular weight excluding hydrogens is 585 g/mol. The molecule has 9 nitrogen and oxygen atoms in total. The molecule has 1 saturated heterocycles. The second-order valence-electron chi connectivity index (χ2n) is 9.83. The van der Waals surface area contributed by atoms with Gasteiger partial charge in [0.1, 0.15) is 34.5 Å². The van der Waals surface area contributed by atoms with Gasteiger partial charge >= 0.3 is 5.97 Å². The van der Waals surface area contributed by atoms with Gasteiger partial charge in [0.15, 0.2) is 0 Å². The zero-order valence-electron chi connectivity index (χ0n) is 23.2. The lowest BCUT2D eigenvalue weighted by Crippen LogP contribution is -2.70. The molecule has 1 aromatic heterocycles. The molecule has 2 amide bonds. The molecule has 6 rings (SSSR count). The van der Waals surface area contributed by atoms with Crippen molar-refractivity contribution in [2.24, 2.45) is 0 Å². The Bertz CT molecular complexity index is 1660. The van der Waals surface area contributed by atoms with Crippen molar-refractivity contribution in [2.75, 3.05) is 12.9 Å². The van der Waals surface area contributed by atoms with E-state index in [4.69, 9.17) is 9.47 Å². The van der Waals surface area contributed by atoms with Gasteiger partial charge in [-0.3, -0.25) is 14.5 Å². The third-order valence-corrected chi connectivity index (χ3v) is 9.58. The second kappa shape index (κ2) is 12.8. The van der Waals surface area contributed by atoms with E-state index in [0.717, 1.165) is 21.8 Å². The van der Waals surface area contributed by atoms with Crippen LogP contribution < -0.4 is 10.1 Å². The van der Waals surface area contributed by atoms with E-state index in [0.29, 0.717) is 16.4 Å². The molecule has 0 radical (unpaired) electrons. The van der Waals surface area contributed by atoms with Gasteiger partial charge < -0.3 is 14.8 Å². The Morgan fingerprint density at radius 3 is 2.42 bits per heavy atom. The standard InChI is InChI=1S/C32H28N4O5S2/c1-40-24-14-12-22(13-15-24)19-41-32(39)29-25(43-27-16-17-33-36(27)23-10-6-3-7-11-23)20-42-31-28(30(38)35(29)31)34-26(37)18-21-8-4-2-5-9-21/h2-17,28,31H,18-20H2,1H3,(H,34,37)/t28-,31-/m1/s1. The Morgan fingerprint density at radius 2 is 1.70 bits per heavy atom. The van der Waals surface area contributed by atoms with Gasteiger partial charge in [-0.25, -0.2) is 9.48 Å². The minimum absolute atomic E-state index is 0.0311. The maximum Gasteiger partial charge on any atom is 0.356 e.